The number of rotatable bonds is 3. The third-order valence-electron chi connectivity index (χ3n) is 2.98. The monoisotopic (exact) mass is 351 g/mol. The van der Waals surface area contributed by atoms with Crippen molar-refractivity contribution in [2.75, 3.05) is 0 Å². The topological polar surface area (TPSA) is 43.3 Å². The molecule has 0 radical (unpaired) electrons. The van der Waals surface area contributed by atoms with Crippen molar-refractivity contribution in [2.24, 2.45) is 4.99 Å². The number of benzene rings is 1. The van der Waals surface area contributed by atoms with Gasteiger partial charge in [-0.1, -0.05) is 0 Å². The van der Waals surface area contributed by atoms with E-state index in [1.54, 1.807) is 0 Å². The Labute approximate surface area is 132 Å². The van der Waals surface area contributed by atoms with Crippen molar-refractivity contribution < 1.29 is 4.42 Å². The van der Waals surface area contributed by atoms with Crippen molar-refractivity contribution in [3.8, 4) is 11.5 Å². The second kappa shape index (κ2) is 6.54. The van der Waals surface area contributed by atoms with Crippen molar-refractivity contribution in [2.45, 2.75) is 46.7 Å². The molecule has 0 amide bonds. The first-order valence-corrected chi connectivity index (χ1v) is 7.98. The van der Waals surface area contributed by atoms with Crippen LogP contribution < -0.4 is 5.68 Å². The van der Waals surface area contributed by atoms with Crippen LogP contribution in [0.5, 0.6) is 0 Å². The Morgan fingerprint density at radius 3 is 2.29 bits per heavy atom. The Bertz CT molecular complexity index is 739. The average molecular weight is 350 g/mol. The van der Waals surface area contributed by atoms with Gasteiger partial charge in [0.05, 0.1) is 0 Å². The summed E-state index contributed by atoms with van der Waals surface area (Å²) in [6, 6.07) is 8.51. The third kappa shape index (κ3) is 3.80. The van der Waals surface area contributed by atoms with Gasteiger partial charge >= 0.3 is 133 Å². The van der Waals surface area contributed by atoms with Crippen molar-refractivity contribution in [1.29, 1.82) is 0 Å². The van der Waals surface area contributed by atoms with E-state index in [4.69, 9.17) is 4.42 Å². The summed E-state index contributed by atoms with van der Waals surface area (Å²) in [5, 5.41) is 0. The van der Waals surface area contributed by atoms with Crippen LogP contribution in [0.2, 0.25) is 0 Å². The van der Waals surface area contributed by atoms with E-state index < -0.39 is 0 Å². The minimum atomic E-state index is 0.159. The number of nitrogens with zero attached hydrogens (tertiary/aromatic N) is 3. The van der Waals surface area contributed by atoms with Gasteiger partial charge in [0.25, 0.3) is 0 Å². The van der Waals surface area contributed by atoms with E-state index in [9.17, 15) is 0 Å². The third-order valence-corrected chi connectivity index (χ3v) is 3.59. The summed E-state index contributed by atoms with van der Waals surface area (Å²) in [5.74, 6) is 0.583. The van der Waals surface area contributed by atoms with E-state index in [1.807, 2.05) is 42.7 Å². The zero-order valence-electron chi connectivity index (χ0n) is 13.1. The summed E-state index contributed by atoms with van der Waals surface area (Å²) in [6.45, 7) is 10.3. The summed E-state index contributed by atoms with van der Waals surface area (Å²) < 4.78 is 8.71. The molecule has 5 heteroatoms. The van der Waals surface area contributed by atoms with Crippen molar-refractivity contribution in [3.05, 3.63) is 39.8 Å². The van der Waals surface area contributed by atoms with Gasteiger partial charge in [-0.2, -0.15) is 0 Å². The minimum absolute atomic E-state index is 0.159. The number of aromatic nitrogens is 2. The predicted octanol–water partition coefficient (Wildman–Crippen LogP) is 3.04. The Hall–Kier alpha value is -1.45. The van der Waals surface area contributed by atoms with Crippen LogP contribution in [0.25, 0.3) is 11.5 Å². The van der Waals surface area contributed by atoms with E-state index >= 15 is 0 Å². The molecule has 1 aromatic heterocycles. The molecule has 0 saturated carbocycles. The van der Waals surface area contributed by atoms with Crippen molar-refractivity contribution in [3.63, 3.8) is 0 Å². The van der Waals surface area contributed by atoms with Crippen molar-refractivity contribution >= 4 is 15.6 Å². The Balaban J connectivity index is 2.69. The van der Waals surface area contributed by atoms with Crippen molar-refractivity contribution in [1.82, 2.24) is 9.55 Å². The first kappa shape index (κ1) is 15.9. The van der Waals surface area contributed by atoms with Crippen LogP contribution in [-0.4, -0.2) is 31.2 Å². The Kier molecular flexibility index (Phi) is 4.96. The maximum absolute atomic E-state index is 5.95. The molecule has 0 spiro atoms. The maximum atomic E-state index is 5.95. The van der Waals surface area contributed by atoms with Gasteiger partial charge in [-0.15, -0.1) is 0 Å². The van der Waals surface area contributed by atoms with Gasteiger partial charge in [0.2, 0.25) is 0 Å². The van der Waals surface area contributed by atoms with Crippen LogP contribution in [0.15, 0.2) is 33.7 Å². The molecule has 0 saturated heterocycles. The molecule has 4 nitrogen and oxygen atoms in total. The molecule has 21 heavy (non-hydrogen) atoms. The van der Waals surface area contributed by atoms with E-state index in [0.717, 1.165) is 9.89 Å². The molecule has 0 bridgehead atoms. The molecule has 0 fully saturated rings. The number of aryl methyl sites for hydroxylation is 1. The summed E-state index contributed by atoms with van der Waals surface area (Å²) in [7, 11) is 0. The Morgan fingerprint density at radius 2 is 1.76 bits per heavy atom. The van der Waals surface area contributed by atoms with E-state index in [1.165, 1.54) is 5.56 Å². The molecular weight excluding hydrogens is 329 g/mol. The molecule has 0 aliphatic rings. The molecule has 2 rings (SSSR count). The average Bonchev–Trinajstić information content (AvgIpc) is 2.37. The van der Waals surface area contributed by atoms with Gasteiger partial charge in [0.1, 0.15) is 0 Å². The summed E-state index contributed by atoms with van der Waals surface area (Å²) >= 11 is 3.02. The molecule has 112 valence electrons. The fourth-order valence-electron chi connectivity index (χ4n) is 1.95. The zero-order valence-corrected chi connectivity index (χ0v) is 14.8. The normalized spacial score (nSPS) is 12.4. The first-order chi connectivity index (χ1) is 9.88. The van der Waals surface area contributed by atoms with Crippen LogP contribution in [0.3, 0.4) is 0 Å². The second-order valence-corrected chi connectivity index (χ2v) is 6.40. The van der Waals surface area contributed by atoms with Crippen LogP contribution in [-0.2, 0) is 0 Å². The predicted molar refractivity (Wildman–Crippen MR) is 84.7 cm³/mol. The molecule has 0 atom stereocenters. The first-order valence-electron chi connectivity index (χ1n) is 7.13. The van der Waals surface area contributed by atoms with E-state index in [-0.39, 0.29) is 12.1 Å². The van der Waals surface area contributed by atoms with Gasteiger partial charge in [-0.3, -0.25) is 0 Å². The van der Waals surface area contributed by atoms with Crippen LogP contribution >= 0.6 is 0 Å². The van der Waals surface area contributed by atoms with Gasteiger partial charge < -0.3 is 0 Å². The summed E-state index contributed by atoms with van der Waals surface area (Å²) in [5.41, 5.74) is 2.76. The van der Waals surface area contributed by atoms with Crippen LogP contribution in [0.4, 0.5) is 0 Å². The van der Waals surface area contributed by atoms with Crippen LogP contribution in [0.1, 0.15) is 39.3 Å². The summed E-state index contributed by atoms with van der Waals surface area (Å²) in [6.07, 6.45) is 0. The molecule has 0 aliphatic carbocycles. The van der Waals surface area contributed by atoms with Gasteiger partial charge in [-0.05, 0) is 0 Å². The molecule has 0 unspecified atom stereocenters. The molecular formula is C16H21N3OSe. The van der Waals surface area contributed by atoms with Crippen LogP contribution in [0, 0.1) is 11.2 Å². The quantitative estimate of drug-likeness (QED) is 0.799. The Morgan fingerprint density at radius 1 is 1.14 bits per heavy atom. The van der Waals surface area contributed by atoms with Gasteiger partial charge in [-0.25, -0.2) is 0 Å². The SMILES string of the molecule is Cc1ccc(-c2nc(=[Se])n(C(C)C)c(=NC(C)C)o2)cc1. The molecule has 2 aromatic rings. The molecule has 0 aliphatic heterocycles. The fourth-order valence-corrected chi connectivity index (χ4v) is 2.73. The van der Waals surface area contributed by atoms with Gasteiger partial charge in [0, 0.05) is 0 Å². The molecule has 1 heterocycles. The van der Waals surface area contributed by atoms with Gasteiger partial charge in [0.15, 0.2) is 0 Å². The van der Waals surface area contributed by atoms with E-state index in [0.29, 0.717) is 11.6 Å². The number of hydrogen-bond acceptors (Lipinski definition) is 3. The standard InChI is InChI=1S/C16H21N3OSe/c1-10(2)17-15-19(11(3)4)16(21)18-14(20-15)13-8-6-12(5)7-9-13/h6-11H,1-5H3. The molecule has 1 aromatic carbocycles. The summed E-state index contributed by atoms with van der Waals surface area (Å²) in [4.78, 5) is 9.12. The zero-order chi connectivity index (χ0) is 15.6. The fraction of sp³-hybridized carbons (Fsp3) is 0.438. The molecule has 0 N–H and O–H groups in total. The number of hydrogen-bond donors (Lipinski definition) is 0. The second-order valence-electron chi connectivity index (χ2n) is 5.64. The van der Waals surface area contributed by atoms with E-state index in [2.05, 4.69) is 46.3 Å².